The molecule has 4 aromatic rings. The van der Waals surface area contributed by atoms with Crippen LogP contribution in [0.3, 0.4) is 0 Å². The summed E-state index contributed by atoms with van der Waals surface area (Å²) in [6, 6.07) is 11.7. The van der Waals surface area contributed by atoms with Gasteiger partial charge in [-0.3, -0.25) is 0 Å². The van der Waals surface area contributed by atoms with E-state index in [-0.39, 0.29) is 35.9 Å². The van der Waals surface area contributed by atoms with Crippen molar-refractivity contribution < 1.29 is 28.2 Å². The van der Waals surface area contributed by atoms with E-state index in [1.54, 1.807) is 12.1 Å². The number of imidazole rings is 1. The molecule has 0 bridgehead atoms. The summed E-state index contributed by atoms with van der Waals surface area (Å²) in [5, 5.41) is 10.0. The number of carboxylic acid groups (broad SMARTS) is 1. The van der Waals surface area contributed by atoms with Crippen LogP contribution in [0.4, 0.5) is 8.78 Å². The van der Waals surface area contributed by atoms with Gasteiger partial charge in [0.1, 0.15) is 12.4 Å². The minimum absolute atomic E-state index is 0.0199. The van der Waals surface area contributed by atoms with Crippen molar-refractivity contribution in [3.8, 4) is 23.1 Å². The summed E-state index contributed by atoms with van der Waals surface area (Å²) in [6.45, 7) is 0.106. The van der Waals surface area contributed by atoms with Gasteiger partial charge < -0.3 is 19.1 Å². The highest BCUT2D eigenvalue weighted by molar-refractivity contribution is 6.30. The minimum atomic E-state index is -1.14. The first-order valence-electron chi connectivity index (χ1n) is 12.4. The molecule has 198 valence electrons. The number of hydrogen-bond acceptors (Lipinski definition) is 5. The highest BCUT2D eigenvalue weighted by Gasteiger charge is 2.30. The van der Waals surface area contributed by atoms with Crippen molar-refractivity contribution in [2.24, 2.45) is 5.92 Å². The molecule has 0 spiro atoms. The molecule has 1 aliphatic carbocycles. The van der Waals surface area contributed by atoms with Gasteiger partial charge in [-0.2, -0.15) is 4.98 Å². The summed E-state index contributed by atoms with van der Waals surface area (Å²) < 4.78 is 41.9. The number of methoxy groups -OCH3 is 1. The van der Waals surface area contributed by atoms with Crippen LogP contribution in [0.1, 0.15) is 48.5 Å². The molecule has 2 aromatic carbocycles. The summed E-state index contributed by atoms with van der Waals surface area (Å²) in [7, 11) is 1.40. The lowest BCUT2D eigenvalue weighted by molar-refractivity contribution is 0.0695. The third-order valence-electron chi connectivity index (χ3n) is 7.00. The Morgan fingerprint density at radius 1 is 1.05 bits per heavy atom. The monoisotopic (exact) mass is 541 g/mol. The van der Waals surface area contributed by atoms with Crippen molar-refractivity contribution in [2.45, 2.75) is 38.1 Å². The molecular weight excluding hydrogens is 516 g/mol. The SMILES string of the molecule is COc1cc(C(=O)O)cc(OCC(C2CCCCC2)n2c(-c3ccc(Cl)cc3)nc3cc(F)c(F)cc32)n1. The summed E-state index contributed by atoms with van der Waals surface area (Å²) >= 11 is 6.12. The summed E-state index contributed by atoms with van der Waals surface area (Å²) in [5.41, 5.74) is 1.48. The standard InChI is InChI=1S/C28H26ClF2N3O4/c1-37-25-11-18(28(35)36)12-26(33-25)38-15-24(16-5-3-2-4-6-16)34-23-14-21(31)20(30)13-22(23)32-27(34)17-7-9-19(29)10-8-17/h7-14,16,24H,2-6,15H2,1H3,(H,35,36). The maximum atomic E-state index is 14.5. The van der Waals surface area contributed by atoms with Crippen molar-refractivity contribution in [1.82, 2.24) is 14.5 Å². The number of pyridine rings is 1. The molecule has 0 radical (unpaired) electrons. The molecule has 5 rings (SSSR count). The van der Waals surface area contributed by atoms with Crippen LogP contribution in [-0.4, -0.2) is 39.3 Å². The molecule has 0 aliphatic heterocycles. The largest absolute Gasteiger partial charge is 0.481 e. The van der Waals surface area contributed by atoms with Crippen LogP contribution in [0.15, 0.2) is 48.5 Å². The molecule has 1 saturated carbocycles. The number of hydrogen-bond donors (Lipinski definition) is 1. The molecular formula is C28H26ClF2N3O4. The molecule has 2 heterocycles. The number of fused-ring (bicyclic) bond motifs is 1. The number of nitrogens with zero attached hydrogens (tertiary/aromatic N) is 3. The van der Waals surface area contributed by atoms with E-state index in [0.29, 0.717) is 21.9 Å². The summed E-state index contributed by atoms with van der Waals surface area (Å²) in [6.07, 6.45) is 5.03. The molecule has 38 heavy (non-hydrogen) atoms. The lowest BCUT2D eigenvalue weighted by Gasteiger charge is -2.32. The van der Waals surface area contributed by atoms with Gasteiger partial charge >= 0.3 is 5.97 Å². The maximum Gasteiger partial charge on any atom is 0.336 e. The lowest BCUT2D eigenvalue weighted by Crippen LogP contribution is -2.28. The first kappa shape index (κ1) is 25.9. The van der Waals surface area contributed by atoms with Crippen LogP contribution in [0, 0.1) is 17.6 Å². The molecule has 0 amide bonds. The predicted octanol–water partition coefficient (Wildman–Crippen LogP) is 6.94. The fourth-order valence-corrected chi connectivity index (χ4v) is 5.25. The molecule has 0 saturated heterocycles. The second-order valence-electron chi connectivity index (χ2n) is 9.39. The smallest absolute Gasteiger partial charge is 0.336 e. The Morgan fingerprint density at radius 3 is 2.42 bits per heavy atom. The zero-order chi connectivity index (χ0) is 26.8. The van der Waals surface area contributed by atoms with Crippen molar-refractivity contribution in [2.75, 3.05) is 13.7 Å². The van der Waals surface area contributed by atoms with E-state index in [9.17, 15) is 18.7 Å². The molecule has 1 atom stereocenters. The number of carboxylic acids is 1. The zero-order valence-corrected chi connectivity index (χ0v) is 21.4. The molecule has 1 N–H and O–H groups in total. The van der Waals surface area contributed by atoms with Gasteiger partial charge in [0.2, 0.25) is 11.8 Å². The molecule has 1 unspecified atom stereocenters. The second kappa shape index (κ2) is 10.9. The molecule has 7 nitrogen and oxygen atoms in total. The van der Waals surface area contributed by atoms with E-state index in [1.165, 1.54) is 25.3 Å². The highest BCUT2D eigenvalue weighted by Crippen LogP contribution is 2.39. The Labute approximate surface area is 223 Å². The second-order valence-corrected chi connectivity index (χ2v) is 9.82. The van der Waals surface area contributed by atoms with E-state index in [4.69, 9.17) is 26.1 Å². The Hall–Kier alpha value is -3.72. The van der Waals surface area contributed by atoms with Gasteiger partial charge in [0.25, 0.3) is 0 Å². The van der Waals surface area contributed by atoms with Gasteiger partial charge in [0.05, 0.1) is 29.7 Å². The Morgan fingerprint density at radius 2 is 1.74 bits per heavy atom. The molecule has 1 aliphatic rings. The van der Waals surface area contributed by atoms with Crippen molar-refractivity contribution >= 4 is 28.6 Å². The number of aromatic carboxylic acids is 1. The predicted molar refractivity (Wildman–Crippen MR) is 139 cm³/mol. The van der Waals surface area contributed by atoms with Gasteiger partial charge in [0.15, 0.2) is 11.6 Å². The lowest BCUT2D eigenvalue weighted by atomic mass is 9.83. The minimum Gasteiger partial charge on any atom is -0.481 e. The average Bonchev–Trinajstić information content (AvgIpc) is 3.27. The summed E-state index contributed by atoms with van der Waals surface area (Å²) in [5.74, 6) is -2.18. The normalized spacial score (nSPS) is 14.9. The van der Waals surface area contributed by atoms with Crippen LogP contribution in [0.2, 0.25) is 5.02 Å². The van der Waals surface area contributed by atoms with Gasteiger partial charge in [-0.05, 0) is 43.0 Å². The number of aromatic nitrogens is 3. The number of halogens is 3. The van der Waals surface area contributed by atoms with E-state index in [2.05, 4.69) is 4.98 Å². The molecule has 2 aromatic heterocycles. The fourth-order valence-electron chi connectivity index (χ4n) is 5.12. The number of rotatable bonds is 8. The van der Waals surface area contributed by atoms with Gasteiger partial charge in [-0.15, -0.1) is 0 Å². The third-order valence-corrected chi connectivity index (χ3v) is 7.25. The van der Waals surface area contributed by atoms with Gasteiger partial charge in [-0.25, -0.2) is 18.6 Å². The van der Waals surface area contributed by atoms with E-state index >= 15 is 0 Å². The van der Waals surface area contributed by atoms with Crippen molar-refractivity contribution in [3.05, 3.63) is 70.8 Å². The van der Waals surface area contributed by atoms with Crippen LogP contribution in [0.5, 0.6) is 11.8 Å². The Balaban J connectivity index is 1.62. The van der Waals surface area contributed by atoms with Crippen LogP contribution in [0.25, 0.3) is 22.4 Å². The third kappa shape index (κ3) is 5.29. The first-order chi connectivity index (χ1) is 18.3. The Kier molecular flexibility index (Phi) is 7.46. The number of benzene rings is 2. The van der Waals surface area contributed by atoms with E-state index < -0.39 is 17.6 Å². The van der Waals surface area contributed by atoms with Crippen molar-refractivity contribution in [3.63, 3.8) is 0 Å². The number of carbonyl (C=O) groups is 1. The van der Waals surface area contributed by atoms with E-state index in [1.807, 2.05) is 16.7 Å². The summed E-state index contributed by atoms with van der Waals surface area (Å²) in [4.78, 5) is 20.5. The van der Waals surface area contributed by atoms with Crippen molar-refractivity contribution in [1.29, 1.82) is 0 Å². The van der Waals surface area contributed by atoms with Gasteiger partial charge in [0, 0.05) is 34.9 Å². The van der Waals surface area contributed by atoms with Crippen LogP contribution >= 0.6 is 11.6 Å². The maximum absolute atomic E-state index is 14.5. The Bertz CT molecular complexity index is 1470. The highest BCUT2D eigenvalue weighted by atomic mass is 35.5. The fraction of sp³-hybridized carbons (Fsp3) is 0.321. The average molecular weight is 542 g/mol. The molecule has 10 heteroatoms. The zero-order valence-electron chi connectivity index (χ0n) is 20.7. The quantitative estimate of drug-likeness (QED) is 0.260. The van der Waals surface area contributed by atoms with Gasteiger partial charge in [-0.1, -0.05) is 30.9 Å². The number of ether oxygens (including phenoxy) is 2. The van der Waals surface area contributed by atoms with Crippen LogP contribution in [-0.2, 0) is 0 Å². The van der Waals surface area contributed by atoms with E-state index in [0.717, 1.165) is 43.7 Å². The van der Waals surface area contributed by atoms with Crippen LogP contribution < -0.4 is 9.47 Å². The first-order valence-corrected chi connectivity index (χ1v) is 12.8. The molecule has 1 fully saturated rings. The topological polar surface area (TPSA) is 86.5 Å².